The van der Waals surface area contributed by atoms with Crippen LogP contribution in [0.15, 0.2) is 102 Å². The molecule has 1 saturated heterocycles. The number of aliphatic hydroxyl groups is 1. The molecule has 51 heavy (non-hydrogen) atoms. The highest BCUT2D eigenvalue weighted by Crippen LogP contribution is 2.40. The molecule has 4 aromatic carbocycles. The van der Waals surface area contributed by atoms with Crippen molar-refractivity contribution in [1.82, 2.24) is 10.8 Å². The lowest BCUT2D eigenvalue weighted by Gasteiger charge is -2.36. The Balaban J connectivity index is 1.23. The van der Waals surface area contributed by atoms with Crippen molar-refractivity contribution in [2.45, 2.75) is 82.0 Å². The van der Waals surface area contributed by atoms with Gasteiger partial charge in [-0.15, -0.1) is 11.8 Å². The third kappa shape index (κ3) is 11.5. The number of hydrogen-bond donors (Lipinski definition) is 5. The van der Waals surface area contributed by atoms with Gasteiger partial charge in [-0.25, -0.2) is 5.48 Å². The van der Waals surface area contributed by atoms with Crippen molar-refractivity contribution in [3.05, 3.63) is 119 Å². The summed E-state index contributed by atoms with van der Waals surface area (Å²) in [5, 5.41) is 24.0. The van der Waals surface area contributed by atoms with Gasteiger partial charge >= 0.3 is 0 Å². The van der Waals surface area contributed by atoms with Crippen LogP contribution in [0.2, 0.25) is 0 Å². The number of hydroxylamine groups is 1. The molecule has 0 aliphatic carbocycles. The van der Waals surface area contributed by atoms with Gasteiger partial charge in [0.2, 0.25) is 17.7 Å². The predicted molar refractivity (Wildman–Crippen MR) is 197 cm³/mol. The summed E-state index contributed by atoms with van der Waals surface area (Å²) in [5.41, 5.74) is 8.17. The molecule has 1 aliphatic heterocycles. The Kier molecular flexibility index (Phi) is 14.2. The van der Waals surface area contributed by atoms with Gasteiger partial charge in [-0.2, -0.15) is 0 Å². The number of aliphatic hydroxyl groups excluding tert-OH is 1. The highest BCUT2D eigenvalue weighted by molar-refractivity contribution is 7.99. The Morgan fingerprint density at radius 1 is 0.804 bits per heavy atom. The van der Waals surface area contributed by atoms with Crippen LogP contribution in [0.4, 0.5) is 5.69 Å². The average Bonchev–Trinajstić information content (AvgIpc) is 3.16. The minimum atomic E-state index is -0.587. The summed E-state index contributed by atoms with van der Waals surface area (Å²) in [6, 6.07) is 31.7. The Hall–Kier alpha value is -4.52. The second-order valence-electron chi connectivity index (χ2n) is 12.5. The first-order chi connectivity index (χ1) is 24.8. The summed E-state index contributed by atoms with van der Waals surface area (Å²) >= 11 is 1.69. The zero-order valence-electron chi connectivity index (χ0n) is 28.7. The zero-order chi connectivity index (χ0) is 36.0. The van der Waals surface area contributed by atoms with Crippen LogP contribution in [-0.4, -0.2) is 39.9 Å². The largest absolute Gasteiger partial charge is 0.392 e. The zero-order valence-corrected chi connectivity index (χ0v) is 29.5. The molecule has 11 heteroatoms. The molecular weight excluding hydrogens is 667 g/mol. The van der Waals surface area contributed by atoms with Gasteiger partial charge in [0, 0.05) is 54.6 Å². The lowest BCUT2D eigenvalue weighted by atomic mass is 9.97. The van der Waals surface area contributed by atoms with E-state index in [-0.39, 0.29) is 37.0 Å². The number of nitrogens with one attached hydrogen (secondary N) is 3. The Labute approximate surface area is 302 Å². The number of benzene rings is 4. The number of hydrogen-bond acceptors (Lipinski definition) is 8. The molecule has 268 valence electrons. The van der Waals surface area contributed by atoms with Gasteiger partial charge in [-0.1, -0.05) is 79.2 Å². The van der Waals surface area contributed by atoms with Gasteiger partial charge in [-0.05, 0) is 64.9 Å². The maximum absolute atomic E-state index is 12.5. The van der Waals surface area contributed by atoms with Gasteiger partial charge in [0.25, 0.3) is 0 Å². The summed E-state index contributed by atoms with van der Waals surface area (Å²) in [7, 11) is 0. The van der Waals surface area contributed by atoms with E-state index >= 15 is 0 Å². The van der Waals surface area contributed by atoms with Crippen LogP contribution in [0, 0.1) is 0 Å². The van der Waals surface area contributed by atoms with Gasteiger partial charge in [0.05, 0.1) is 18.8 Å². The van der Waals surface area contributed by atoms with Crippen molar-refractivity contribution in [3.8, 4) is 11.1 Å². The van der Waals surface area contributed by atoms with E-state index in [1.54, 1.807) is 17.2 Å². The van der Waals surface area contributed by atoms with E-state index in [2.05, 4.69) is 10.6 Å². The maximum Gasteiger partial charge on any atom is 0.243 e. The molecule has 3 atom stereocenters. The van der Waals surface area contributed by atoms with E-state index < -0.39 is 12.2 Å². The fourth-order valence-corrected chi connectivity index (χ4v) is 6.83. The van der Waals surface area contributed by atoms with E-state index in [1.165, 1.54) is 6.92 Å². The summed E-state index contributed by atoms with van der Waals surface area (Å²) in [6.07, 6.45) is 2.40. The van der Waals surface area contributed by atoms with Gasteiger partial charge in [0.15, 0.2) is 6.29 Å². The number of carbonyl (C=O) groups is 3. The van der Waals surface area contributed by atoms with Crippen LogP contribution in [0.25, 0.3) is 11.1 Å². The fraction of sp³-hybridized carbons (Fsp3) is 0.325. The van der Waals surface area contributed by atoms with Gasteiger partial charge < -0.3 is 25.2 Å². The molecular formula is C40H45N3O7S. The molecule has 0 aromatic heterocycles. The molecule has 1 fully saturated rings. The van der Waals surface area contributed by atoms with Crippen molar-refractivity contribution < 1.29 is 34.2 Å². The summed E-state index contributed by atoms with van der Waals surface area (Å²) in [4.78, 5) is 36.1. The summed E-state index contributed by atoms with van der Waals surface area (Å²) in [6.45, 7) is 1.86. The van der Waals surface area contributed by atoms with Crippen molar-refractivity contribution >= 4 is 35.2 Å². The Bertz CT molecular complexity index is 1730. The maximum atomic E-state index is 12.5. The van der Waals surface area contributed by atoms with Crippen LogP contribution < -0.4 is 16.1 Å². The number of anilines is 1. The third-order valence-corrected chi connectivity index (χ3v) is 9.79. The van der Waals surface area contributed by atoms with E-state index in [4.69, 9.17) is 14.7 Å². The molecule has 0 unspecified atom stereocenters. The average molecular weight is 712 g/mol. The first kappa shape index (κ1) is 37.7. The van der Waals surface area contributed by atoms with Gasteiger partial charge in [0.1, 0.15) is 0 Å². The van der Waals surface area contributed by atoms with Crippen LogP contribution in [0.3, 0.4) is 0 Å². The summed E-state index contributed by atoms with van der Waals surface area (Å²) < 4.78 is 13.1. The van der Waals surface area contributed by atoms with Crippen molar-refractivity contribution in [1.29, 1.82) is 0 Å². The predicted octanol–water partition coefficient (Wildman–Crippen LogP) is 7.21. The highest BCUT2D eigenvalue weighted by atomic mass is 32.2. The normalized spacial score (nSPS) is 17.0. The summed E-state index contributed by atoms with van der Waals surface area (Å²) in [5.74, 6) is 0.140. The first-order valence-electron chi connectivity index (χ1n) is 17.2. The SMILES string of the molecule is CC(=O)Nc1ccc(SC[C@@H]2C[C@H](c3ccc(CO)cc3)O[C@H](c3ccc(-c4ccccc4CNC(=O)CCCCCC(=O)NO)cc3)O2)cc1. The van der Waals surface area contributed by atoms with Gasteiger partial charge in [-0.3, -0.25) is 19.6 Å². The third-order valence-electron chi connectivity index (χ3n) is 8.65. The van der Waals surface area contributed by atoms with E-state index in [9.17, 15) is 19.5 Å². The Morgan fingerprint density at radius 2 is 1.49 bits per heavy atom. The molecule has 0 spiro atoms. The lowest BCUT2D eigenvalue weighted by Crippen LogP contribution is -2.31. The number of amides is 3. The molecule has 0 bridgehead atoms. The van der Waals surface area contributed by atoms with Crippen LogP contribution in [0.5, 0.6) is 0 Å². The lowest BCUT2D eigenvalue weighted by molar-refractivity contribution is -0.245. The van der Waals surface area contributed by atoms with E-state index in [0.29, 0.717) is 38.0 Å². The molecule has 4 aromatic rings. The molecule has 1 aliphatic rings. The minimum absolute atomic E-state index is 0.0194. The monoisotopic (exact) mass is 711 g/mol. The smallest absolute Gasteiger partial charge is 0.243 e. The molecule has 10 nitrogen and oxygen atoms in total. The molecule has 1 heterocycles. The van der Waals surface area contributed by atoms with Crippen molar-refractivity contribution in [2.75, 3.05) is 11.1 Å². The molecule has 0 saturated carbocycles. The molecule has 5 rings (SSSR count). The number of rotatable bonds is 16. The second kappa shape index (κ2) is 19.2. The topological polar surface area (TPSA) is 146 Å². The number of unbranched alkanes of at least 4 members (excludes halogenated alkanes) is 2. The van der Waals surface area contributed by atoms with Crippen molar-refractivity contribution in [3.63, 3.8) is 0 Å². The quantitative estimate of drug-likeness (QED) is 0.0355. The van der Waals surface area contributed by atoms with Crippen LogP contribution >= 0.6 is 11.8 Å². The fourth-order valence-electron chi connectivity index (χ4n) is 5.91. The molecule has 3 amide bonds. The molecule has 5 N–H and O–H groups in total. The van der Waals surface area contributed by atoms with Crippen LogP contribution in [-0.2, 0) is 37.0 Å². The number of ether oxygens (including phenoxy) is 2. The Morgan fingerprint density at radius 3 is 2.18 bits per heavy atom. The van der Waals surface area contributed by atoms with E-state index in [1.807, 2.05) is 97.1 Å². The standard InChI is InChI=1S/C40H45N3O7S/c1-27(45)42-33-19-21-35(22-20-33)51-26-34-23-37(30-13-11-28(25-44)12-14-30)50-40(49-34)31-17-15-29(16-18-31)36-8-6-5-7-32(36)24-41-38(46)9-3-2-4-10-39(47)43-48/h5-8,11-22,34,37,40,44,48H,2-4,9-10,23-26H2,1H3,(H,41,46)(H,42,45)(H,43,47)/t34-,37+,40+/m0/s1. The highest BCUT2D eigenvalue weighted by Gasteiger charge is 2.32. The molecule has 0 radical (unpaired) electrons. The number of thioether (sulfide) groups is 1. The first-order valence-corrected chi connectivity index (χ1v) is 18.2. The van der Waals surface area contributed by atoms with E-state index in [0.717, 1.165) is 50.4 Å². The minimum Gasteiger partial charge on any atom is -0.392 e. The van der Waals surface area contributed by atoms with Crippen molar-refractivity contribution in [2.24, 2.45) is 0 Å². The second-order valence-corrected chi connectivity index (χ2v) is 13.6. The van der Waals surface area contributed by atoms with Crippen LogP contribution in [0.1, 0.15) is 80.1 Å². The number of carbonyl (C=O) groups excluding carboxylic acids is 3.